The van der Waals surface area contributed by atoms with E-state index in [-0.39, 0.29) is 22.9 Å². The number of hydrogen-bond donors (Lipinski definition) is 1. The fourth-order valence-corrected chi connectivity index (χ4v) is 3.74. The van der Waals surface area contributed by atoms with Gasteiger partial charge >= 0.3 is 0 Å². The van der Waals surface area contributed by atoms with Crippen molar-refractivity contribution < 1.29 is 19.2 Å². The van der Waals surface area contributed by atoms with Gasteiger partial charge in [0.15, 0.2) is 16.7 Å². The van der Waals surface area contributed by atoms with Crippen LogP contribution in [-0.4, -0.2) is 30.2 Å². The Morgan fingerprint density at radius 1 is 1.07 bits per heavy atom. The van der Waals surface area contributed by atoms with Crippen molar-refractivity contribution in [1.82, 2.24) is 5.32 Å². The molecular formula is C20H19N3O5S. The molecule has 0 aliphatic carbocycles. The van der Waals surface area contributed by atoms with Gasteiger partial charge in [-0.1, -0.05) is 6.07 Å². The highest BCUT2D eigenvalue weighted by Gasteiger charge is 2.26. The monoisotopic (exact) mass is 413 g/mol. The second-order valence-electron chi connectivity index (χ2n) is 6.35. The maximum absolute atomic E-state index is 12.4. The van der Waals surface area contributed by atoms with Crippen molar-refractivity contribution in [3.63, 3.8) is 0 Å². The molecule has 0 radical (unpaired) electrons. The van der Waals surface area contributed by atoms with Crippen LogP contribution >= 0.6 is 11.8 Å². The molecule has 1 aliphatic heterocycles. The van der Waals surface area contributed by atoms with E-state index < -0.39 is 4.92 Å². The van der Waals surface area contributed by atoms with Crippen LogP contribution in [0.25, 0.3) is 6.08 Å². The van der Waals surface area contributed by atoms with Gasteiger partial charge in [-0.3, -0.25) is 14.9 Å². The molecule has 150 valence electrons. The number of nitrogens with zero attached hydrogens (tertiary/aromatic N) is 2. The lowest BCUT2D eigenvalue weighted by molar-refractivity contribution is -0.385. The average molecular weight is 413 g/mol. The van der Waals surface area contributed by atoms with Gasteiger partial charge in [0.2, 0.25) is 0 Å². The van der Waals surface area contributed by atoms with Gasteiger partial charge in [0, 0.05) is 0 Å². The van der Waals surface area contributed by atoms with Crippen molar-refractivity contribution in [2.24, 2.45) is 4.99 Å². The Labute approximate surface area is 171 Å². The number of aliphatic imine (C=N–C) groups is 1. The molecule has 0 spiro atoms. The molecule has 2 aromatic rings. The number of carbonyl (C=O) groups excluding carboxylic acids is 1. The zero-order chi connectivity index (χ0) is 21.1. The lowest BCUT2D eigenvalue weighted by Gasteiger charge is -2.08. The van der Waals surface area contributed by atoms with Crippen molar-refractivity contribution in [2.45, 2.75) is 13.8 Å². The number of nitrogens with one attached hydrogen (secondary N) is 1. The van der Waals surface area contributed by atoms with E-state index in [0.717, 1.165) is 28.6 Å². The Hall–Kier alpha value is -3.33. The molecule has 1 saturated heterocycles. The first kappa shape index (κ1) is 20.4. The second kappa shape index (κ2) is 8.36. The Balaban J connectivity index is 1.98. The number of nitro groups is 1. The summed E-state index contributed by atoms with van der Waals surface area (Å²) in [7, 11) is 2.84. The van der Waals surface area contributed by atoms with Crippen LogP contribution in [0.4, 0.5) is 11.4 Å². The number of methoxy groups -OCH3 is 2. The van der Waals surface area contributed by atoms with E-state index >= 15 is 0 Å². The number of rotatable bonds is 5. The van der Waals surface area contributed by atoms with Gasteiger partial charge in [0.25, 0.3) is 11.6 Å². The van der Waals surface area contributed by atoms with Gasteiger partial charge in [0.1, 0.15) is 0 Å². The normalized spacial score (nSPS) is 16.2. The minimum atomic E-state index is -0.531. The van der Waals surface area contributed by atoms with Crippen LogP contribution in [0.1, 0.15) is 16.7 Å². The summed E-state index contributed by atoms with van der Waals surface area (Å²) in [6.07, 6.45) is 1.45. The van der Waals surface area contributed by atoms with Crippen molar-refractivity contribution in [1.29, 1.82) is 0 Å². The first-order valence-electron chi connectivity index (χ1n) is 8.59. The molecule has 1 fully saturated rings. The molecule has 29 heavy (non-hydrogen) atoms. The highest BCUT2D eigenvalue weighted by molar-refractivity contribution is 8.18. The third-order valence-corrected chi connectivity index (χ3v) is 5.01. The zero-order valence-electron chi connectivity index (χ0n) is 16.3. The molecule has 0 unspecified atom stereocenters. The van der Waals surface area contributed by atoms with Crippen LogP contribution in [0, 0.1) is 24.0 Å². The molecule has 1 N–H and O–H groups in total. The fraction of sp³-hybridized carbons (Fsp3) is 0.200. The number of benzene rings is 2. The Kier molecular flexibility index (Phi) is 5.88. The quantitative estimate of drug-likeness (QED) is 0.449. The van der Waals surface area contributed by atoms with Gasteiger partial charge in [-0.25, -0.2) is 4.99 Å². The number of carbonyl (C=O) groups is 1. The van der Waals surface area contributed by atoms with Gasteiger partial charge in [-0.15, -0.1) is 0 Å². The summed E-state index contributed by atoms with van der Waals surface area (Å²) in [5, 5.41) is 14.6. The molecule has 1 aliphatic rings. The number of ether oxygens (including phenoxy) is 2. The maximum Gasteiger partial charge on any atom is 0.280 e. The molecule has 1 amide bonds. The van der Waals surface area contributed by atoms with Crippen LogP contribution in [0.3, 0.4) is 0 Å². The largest absolute Gasteiger partial charge is 0.493 e. The van der Waals surface area contributed by atoms with Crippen molar-refractivity contribution in [3.8, 4) is 11.5 Å². The summed E-state index contributed by atoms with van der Waals surface area (Å²) in [5.74, 6) is 0.196. The van der Waals surface area contributed by atoms with Crippen molar-refractivity contribution >= 4 is 40.3 Å². The molecule has 0 aromatic heterocycles. The van der Waals surface area contributed by atoms with E-state index in [2.05, 4.69) is 10.3 Å². The highest BCUT2D eigenvalue weighted by Crippen LogP contribution is 2.37. The van der Waals surface area contributed by atoms with E-state index in [4.69, 9.17) is 9.47 Å². The number of aryl methyl sites for hydroxylation is 2. The molecule has 0 bridgehead atoms. The molecule has 0 atom stereocenters. The predicted molar refractivity (Wildman–Crippen MR) is 113 cm³/mol. The van der Waals surface area contributed by atoms with E-state index in [1.165, 1.54) is 32.4 Å². The van der Waals surface area contributed by atoms with Crippen LogP contribution < -0.4 is 14.8 Å². The molecule has 8 nitrogen and oxygen atoms in total. The Morgan fingerprint density at radius 2 is 1.69 bits per heavy atom. The standard InChI is InChI=1S/C20H19N3O5S/c1-11-5-12(2)7-14(6-11)21-20-22-19(24)18(29-20)9-13-8-16(27-3)17(28-4)10-15(13)23(25)26/h5-10H,1-4H3,(H,21,22,24). The Bertz CT molecular complexity index is 1040. The summed E-state index contributed by atoms with van der Waals surface area (Å²) in [6, 6.07) is 8.59. The summed E-state index contributed by atoms with van der Waals surface area (Å²) < 4.78 is 10.3. The van der Waals surface area contributed by atoms with Crippen LogP contribution in [0.5, 0.6) is 11.5 Å². The molecular weight excluding hydrogens is 394 g/mol. The second-order valence-corrected chi connectivity index (χ2v) is 7.38. The topological polar surface area (TPSA) is 103 Å². The maximum atomic E-state index is 12.4. The van der Waals surface area contributed by atoms with Crippen molar-refractivity contribution in [3.05, 3.63) is 62.0 Å². The van der Waals surface area contributed by atoms with Crippen LogP contribution in [-0.2, 0) is 4.79 Å². The van der Waals surface area contributed by atoms with E-state index in [0.29, 0.717) is 15.8 Å². The SMILES string of the molecule is COc1cc(C=C2SC(=Nc3cc(C)cc(C)c3)NC2=O)c([N+](=O)[O-])cc1OC. The third kappa shape index (κ3) is 4.57. The minimum Gasteiger partial charge on any atom is -0.493 e. The van der Waals surface area contributed by atoms with Gasteiger partial charge < -0.3 is 14.8 Å². The highest BCUT2D eigenvalue weighted by atomic mass is 32.2. The predicted octanol–water partition coefficient (Wildman–Crippen LogP) is 4.12. The molecule has 2 aromatic carbocycles. The van der Waals surface area contributed by atoms with Crippen molar-refractivity contribution in [2.75, 3.05) is 14.2 Å². The number of nitro benzene ring substituents is 1. The smallest absolute Gasteiger partial charge is 0.280 e. The summed E-state index contributed by atoms with van der Waals surface area (Å²) in [6.45, 7) is 3.94. The summed E-state index contributed by atoms with van der Waals surface area (Å²) in [5.41, 5.74) is 2.90. The number of hydrogen-bond acceptors (Lipinski definition) is 7. The first-order chi connectivity index (χ1) is 13.8. The van der Waals surface area contributed by atoms with E-state index in [1.807, 2.05) is 32.0 Å². The molecule has 1 heterocycles. The van der Waals surface area contributed by atoms with Gasteiger partial charge in [-0.05, 0) is 61.0 Å². The summed E-state index contributed by atoms with van der Waals surface area (Å²) >= 11 is 1.12. The van der Waals surface area contributed by atoms with E-state index in [9.17, 15) is 14.9 Å². The first-order valence-corrected chi connectivity index (χ1v) is 9.40. The number of thioether (sulfide) groups is 1. The molecule has 3 rings (SSSR count). The lowest BCUT2D eigenvalue weighted by atomic mass is 10.1. The molecule has 9 heteroatoms. The van der Waals surface area contributed by atoms with Gasteiger partial charge in [0.05, 0.1) is 41.4 Å². The number of amides is 1. The Morgan fingerprint density at radius 3 is 2.28 bits per heavy atom. The van der Waals surface area contributed by atoms with Crippen LogP contribution in [0.2, 0.25) is 0 Å². The number of amidine groups is 1. The van der Waals surface area contributed by atoms with Crippen LogP contribution in [0.15, 0.2) is 40.2 Å². The van der Waals surface area contributed by atoms with Gasteiger partial charge in [-0.2, -0.15) is 0 Å². The summed E-state index contributed by atoms with van der Waals surface area (Å²) in [4.78, 5) is 28.1. The minimum absolute atomic E-state index is 0.191. The third-order valence-electron chi connectivity index (χ3n) is 4.10. The average Bonchev–Trinajstić information content (AvgIpc) is 2.99. The zero-order valence-corrected chi connectivity index (χ0v) is 17.1. The lowest BCUT2D eigenvalue weighted by Crippen LogP contribution is -2.19. The van der Waals surface area contributed by atoms with E-state index in [1.54, 1.807) is 0 Å². The fourth-order valence-electron chi connectivity index (χ4n) is 2.91. The molecule has 0 saturated carbocycles.